The van der Waals surface area contributed by atoms with Gasteiger partial charge in [-0.3, -0.25) is 15.1 Å². The van der Waals surface area contributed by atoms with Crippen LogP contribution in [0.2, 0.25) is 0 Å². The van der Waals surface area contributed by atoms with E-state index in [9.17, 15) is 14.5 Å². The van der Waals surface area contributed by atoms with Gasteiger partial charge < -0.3 is 14.8 Å². The number of pyridine rings is 1. The second-order valence-electron chi connectivity index (χ2n) is 9.96. The lowest BCUT2D eigenvalue weighted by molar-refractivity contribution is -0.384. The molecule has 1 saturated heterocycles. The van der Waals surface area contributed by atoms with Crippen molar-refractivity contribution in [1.29, 1.82) is 0 Å². The molecular formula is C32H26FN5O2S2. The molecule has 1 N–H and O–H groups in total. The summed E-state index contributed by atoms with van der Waals surface area (Å²) in [5.74, 6) is -0.287. The molecule has 0 amide bonds. The lowest BCUT2D eigenvalue weighted by Gasteiger charge is -2.28. The van der Waals surface area contributed by atoms with Gasteiger partial charge in [-0.05, 0) is 98.4 Å². The van der Waals surface area contributed by atoms with E-state index in [-0.39, 0.29) is 23.6 Å². The van der Waals surface area contributed by atoms with Gasteiger partial charge in [0, 0.05) is 45.2 Å². The zero-order valence-corrected chi connectivity index (χ0v) is 24.4. The molecule has 2 aromatic heterocycles. The number of nitrogens with one attached hydrogen (secondary N) is 1. The third-order valence-electron chi connectivity index (χ3n) is 7.38. The predicted molar refractivity (Wildman–Crippen MR) is 167 cm³/mol. The fraction of sp³-hybridized carbons (Fsp3) is 0.125. The Kier molecular flexibility index (Phi) is 7.49. The summed E-state index contributed by atoms with van der Waals surface area (Å²) in [6, 6.07) is 28.8. The van der Waals surface area contributed by atoms with Crippen molar-refractivity contribution in [3.63, 3.8) is 0 Å². The molecule has 0 unspecified atom stereocenters. The van der Waals surface area contributed by atoms with Gasteiger partial charge in [0.05, 0.1) is 28.4 Å². The summed E-state index contributed by atoms with van der Waals surface area (Å²) in [6.07, 6.45) is 1.77. The minimum absolute atomic E-state index is 0.0626. The Hall–Kier alpha value is -4.54. The first-order chi connectivity index (χ1) is 20.3. The number of non-ortho nitro benzene ring substituents is 1. The van der Waals surface area contributed by atoms with Gasteiger partial charge in [-0.15, -0.1) is 0 Å². The number of nitrogens with zero attached hydrogens (tertiary/aromatic N) is 4. The number of anilines is 1. The van der Waals surface area contributed by atoms with Crippen LogP contribution >= 0.6 is 24.0 Å². The van der Waals surface area contributed by atoms with Crippen molar-refractivity contribution in [1.82, 2.24) is 14.9 Å². The smallest absolute Gasteiger partial charge is 0.269 e. The number of para-hydroxylation sites is 1. The molecule has 42 heavy (non-hydrogen) atoms. The number of nitro benzene ring substituents is 1. The highest BCUT2D eigenvalue weighted by Crippen LogP contribution is 2.44. The van der Waals surface area contributed by atoms with E-state index in [1.54, 1.807) is 30.5 Å². The SMILES string of the molecule is Cc1cc([C@H]2[C@@H](c3ccccn3)NC(=S)N2c2ccc(Sc3ccc([N+](=O)[O-])cc3)cc2)c(C)n1-c1ccccc1F. The number of aromatic nitrogens is 2. The van der Waals surface area contributed by atoms with Gasteiger partial charge in [-0.2, -0.15) is 0 Å². The number of rotatable bonds is 7. The van der Waals surface area contributed by atoms with Crippen LogP contribution in [0.1, 0.15) is 34.7 Å². The molecule has 10 heteroatoms. The van der Waals surface area contributed by atoms with E-state index in [1.807, 2.05) is 66.9 Å². The van der Waals surface area contributed by atoms with Crippen LogP contribution in [0.5, 0.6) is 0 Å². The molecular weight excluding hydrogens is 570 g/mol. The first kappa shape index (κ1) is 27.6. The van der Waals surface area contributed by atoms with Crippen molar-refractivity contribution in [2.24, 2.45) is 0 Å². The average molecular weight is 596 g/mol. The molecule has 1 fully saturated rings. The third kappa shape index (κ3) is 5.15. The summed E-state index contributed by atoms with van der Waals surface area (Å²) in [5.41, 5.74) is 5.18. The summed E-state index contributed by atoms with van der Waals surface area (Å²) in [4.78, 5) is 19.2. The van der Waals surface area contributed by atoms with Crippen LogP contribution in [0, 0.1) is 29.8 Å². The summed E-state index contributed by atoms with van der Waals surface area (Å²) >= 11 is 7.43. The number of thiocarbonyl (C=S) groups is 1. The molecule has 0 bridgehead atoms. The maximum Gasteiger partial charge on any atom is 0.269 e. The van der Waals surface area contributed by atoms with E-state index in [4.69, 9.17) is 12.2 Å². The van der Waals surface area contributed by atoms with Crippen molar-refractivity contribution < 1.29 is 9.31 Å². The molecule has 3 heterocycles. The molecule has 1 aliphatic heterocycles. The van der Waals surface area contributed by atoms with Crippen LogP contribution in [-0.2, 0) is 0 Å². The Balaban J connectivity index is 1.38. The second kappa shape index (κ2) is 11.4. The Morgan fingerprint density at radius 2 is 1.62 bits per heavy atom. The molecule has 0 radical (unpaired) electrons. The average Bonchev–Trinajstić information content (AvgIpc) is 3.49. The van der Waals surface area contributed by atoms with Gasteiger partial charge in [0.15, 0.2) is 5.11 Å². The van der Waals surface area contributed by atoms with E-state index in [0.29, 0.717) is 10.8 Å². The van der Waals surface area contributed by atoms with Crippen LogP contribution in [0.4, 0.5) is 15.8 Å². The van der Waals surface area contributed by atoms with Crippen LogP contribution in [0.3, 0.4) is 0 Å². The van der Waals surface area contributed by atoms with Gasteiger partial charge in [-0.1, -0.05) is 30.0 Å². The lowest BCUT2D eigenvalue weighted by Crippen LogP contribution is -2.29. The first-order valence-electron chi connectivity index (χ1n) is 13.3. The lowest BCUT2D eigenvalue weighted by atomic mass is 9.96. The third-order valence-corrected chi connectivity index (χ3v) is 8.71. The molecule has 1 aliphatic rings. The number of hydrogen-bond donors (Lipinski definition) is 1. The molecule has 210 valence electrons. The standard InChI is InChI=1S/C32H26FN5O2S2/c1-20-19-26(21(2)36(20)29-9-4-3-7-27(29)33)31-30(28-8-5-6-18-34-28)35-32(41)37(31)22-10-14-24(15-11-22)42-25-16-12-23(13-17-25)38(39)40/h3-19,30-31H,1-2H3,(H,35,41)/t30-,31+/m1/s1. The molecule has 2 atom stereocenters. The maximum absolute atomic E-state index is 14.9. The summed E-state index contributed by atoms with van der Waals surface area (Å²) < 4.78 is 16.9. The Labute approximate surface area is 252 Å². The van der Waals surface area contributed by atoms with Crippen molar-refractivity contribution in [2.75, 3.05) is 4.90 Å². The molecule has 7 nitrogen and oxygen atoms in total. The van der Waals surface area contributed by atoms with E-state index in [2.05, 4.69) is 21.3 Å². The minimum atomic E-state index is -0.404. The fourth-order valence-corrected chi connectivity index (χ4v) is 6.65. The zero-order valence-electron chi connectivity index (χ0n) is 22.8. The maximum atomic E-state index is 14.9. The van der Waals surface area contributed by atoms with Crippen molar-refractivity contribution >= 4 is 40.5 Å². The zero-order chi connectivity index (χ0) is 29.4. The summed E-state index contributed by atoms with van der Waals surface area (Å²) in [5, 5.41) is 15.1. The van der Waals surface area contributed by atoms with E-state index in [1.165, 1.54) is 30.0 Å². The first-order valence-corrected chi connectivity index (χ1v) is 14.5. The molecule has 0 spiro atoms. The predicted octanol–water partition coefficient (Wildman–Crippen LogP) is 7.86. The highest BCUT2D eigenvalue weighted by molar-refractivity contribution is 7.99. The van der Waals surface area contributed by atoms with Crippen molar-refractivity contribution in [2.45, 2.75) is 35.7 Å². The number of aryl methyl sites for hydroxylation is 1. The molecule has 6 rings (SSSR count). The Morgan fingerprint density at radius 1 is 0.952 bits per heavy atom. The van der Waals surface area contributed by atoms with Crippen LogP contribution in [0.15, 0.2) is 113 Å². The fourth-order valence-electron chi connectivity index (χ4n) is 5.49. The van der Waals surface area contributed by atoms with E-state index in [0.717, 1.165) is 38.1 Å². The van der Waals surface area contributed by atoms with Crippen molar-refractivity contribution in [3.05, 3.63) is 142 Å². The number of nitro groups is 1. The number of hydrogen-bond acceptors (Lipinski definition) is 5. The summed E-state index contributed by atoms with van der Waals surface area (Å²) in [6.45, 7) is 3.99. The topological polar surface area (TPSA) is 76.2 Å². The van der Waals surface area contributed by atoms with Crippen LogP contribution < -0.4 is 10.2 Å². The number of benzene rings is 3. The van der Waals surface area contributed by atoms with Crippen molar-refractivity contribution in [3.8, 4) is 5.69 Å². The van der Waals surface area contributed by atoms with Gasteiger partial charge in [0.2, 0.25) is 0 Å². The molecule has 0 saturated carbocycles. The summed E-state index contributed by atoms with van der Waals surface area (Å²) in [7, 11) is 0. The van der Waals surface area contributed by atoms with Gasteiger partial charge in [-0.25, -0.2) is 4.39 Å². The minimum Gasteiger partial charge on any atom is -0.351 e. The Morgan fingerprint density at radius 3 is 2.26 bits per heavy atom. The van der Waals surface area contributed by atoms with E-state index >= 15 is 0 Å². The molecule has 3 aromatic carbocycles. The van der Waals surface area contributed by atoms with Gasteiger partial charge in [0.1, 0.15) is 5.82 Å². The quantitative estimate of drug-likeness (QED) is 0.117. The van der Waals surface area contributed by atoms with Gasteiger partial charge in [0.25, 0.3) is 5.69 Å². The largest absolute Gasteiger partial charge is 0.351 e. The van der Waals surface area contributed by atoms with E-state index < -0.39 is 4.92 Å². The monoisotopic (exact) mass is 595 g/mol. The van der Waals surface area contributed by atoms with Gasteiger partial charge >= 0.3 is 0 Å². The van der Waals surface area contributed by atoms with Crippen LogP contribution in [0.25, 0.3) is 5.69 Å². The normalized spacial score (nSPS) is 16.5. The molecule has 5 aromatic rings. The second-order valence-corrected chi connectivity index (χ2v) is 11.5. The Bertz CT molecular complexity index is 1780. The number of halogens is 1. The van der Waals surface area contributed by atoms with Crippen LogP contribution in [-0.4, -0.2) is 19.6 Å². The molecule has 0 aliphatic carbocycles. The highest BCUT2D eigenvalue weighted by atomic mass is 32.2. The highest BCUT2D eigenvalue weighted by Gasteiger charge is 2.42.